The number of rotatable bonds is 2. The Labute approximate surface area is 115 Å². The summed E-state index contributed by atoms with van der Waals surface area (Å²) in [5.41, 5.74) is 0.436. The highest BCUT2D eigenvalue weighted by molar-refractivity contribution is 6.22. The summed E-state index contributed by atoms with van der Waals surface area (Å²) < 4.78 is 0. The van der Waals surface area contributed by atoms with Crippen molar-refractivity contribution in [3.8, 4) is 0 Å². The van der Waals surface area contributed by atoms with Crippen LogP contribution >= 0.6 is 0 Å². The number of aromatic carboxylic acids is 1. The Bertz CT molecular complexity index is 591. The molecule has 0 spiro atoms. The third-order valence-electron chi connectivity index (χ3n) is 3.87. The number of allylic oxidation sites excluding steroid dienone is 2. The lowest BCUT2D eigenvalue weighted by atomic mass is 9.85. The van der Waals surface area contributed by atoms with E-state index in [9.17, 15) is 19.5 Å². The maximum absolute atomic E-state index is 12.3. The van der Waals surface area contributed by atoms with Crippen LogP contribution in [0.3, 0.4) is 0 Å². The highest BCUT2D eigenvalue weighted by Gasteiger charge is 2.47. The Morgan fingerprint density at radius 1 is 1.00 bits per heavy atom. The molecule has 1 aromatic rings. The molecule has 0 N–H and O–H groups in total. The summed E-state index contributed by atoms with van der Waals surface area (Å²) in [6, 6.07) is 5.61. The molecule has 1 aromatic carbocycles. The van der Waals surface area contributed by atoms with Crippen molar-refractivity contribution in [2.24, 2.45) is 11.8 Å². The lowest BCUT2D eigenvalue weighted by Crippen LogP contribution is -2.31. The molecule has 2 amide bonds. The van der Waals surface area contributed by atoms with Crippen molar-refractivity contribution in [1.29, 1.82) is 0 Å². The van der Waals surface area contributed by atoms with Gasteiger partial charge < -0.3 is 9.90 Å². The van der Waals surface area contributed by atoms with Gasteiger partial charge in [-0.1, -0.05) is 24.3 Å². The normalized spacial score (nSPS) is 24.9. The monoisotopic (exact) mass is 270 g/mol. The Morgan fingerprint density at radius 3 is 1.95 bits per heavy atom. The molecule has 1 fully saturated rings. The Morgan fingerprint density at radius 2 is 1.50 bits per heavy atom. The lowest BCUT2D eigenvalue weighted by Gasteiger charge is -2.15. The van der Waals surface area contributed by atoms with E-state index in [1.165, 1.54) is 29.2 Å². The molecule has 0 radical (unpaired) electrons. The Balaban J connectivity index is 1.92. The van der Waals surface area contributed by atoms with E-state index in [1.54, 1.807) is 0 Å². The van der Waals surface area contributed by atoms with E-state index < -0.39 is 5.97 Å². The summed E-state index contributed by atoms with van der Waals surface area (Å²) in [6.07, 6.45) is 5.02. The van der Waals surface area contributed by atoms with E-state index in [-0.39, 0.29) is 29.2 Å². The molecule has 3 rings (SSSR count). The van der Waals surface area contributed by atoms with Gasteiger partial charge in [-0.15, -0.1) is 0 Å². The highest BCUT2D eigenvalue weighted by atomic mass is 16.4. The van der Waals surface area contributed by atoms with Gasteiger partial charge in [-0.05, 0) is 30.5 Å². The fourth-order valence-electron chi connectivity index (χ4n) is 2.80. The average molecular weight is 270 g/mol. The number of nitrogens with zero attached hydrogens (tertiary/aromatic N) is 1. The van der Waals surface area contributed by atoms with Gasteiger partial charge in [0.05, 0.1) is 23.5 Å². The van der Waals surface area contributed by atoms with Gasteiger partial charge in [-0.25, -0.2) is 0 Å². The molecule has 102 valence electrons. The van der Waals surface area contributed by atoms with Gasteiger partial charge in [-0.2, -0.15) is 0 Å². The van der Waals surface area contributed by atoms with Crippen molar-refractivity contribution < 1.29 is 19.5 Å². The van der Waals surface area contributed by atoms with E-state index in [2.05, 4.69) is 0 Å². The first-order valence-corrected chi connectivity index (χ1v) is 6.44. The van der Waals surface area contributed by atoms with Crippen molar-refractivity contribution in [2.45, 2.75) is 12.8 Å². The number of anilines is 1. The van der Waals surface area contributed by atoms with Crippen LogP contribution in [0, 0.1) is 11.8 Å². The molecule has 1 heterocycles. The van der Waals surface area contributed by atoms with Crippen molar-refractivity contribution in [1.82, 2.24) is 0 Å². The summed E-state index contributed by atoms with van der Waals surface area (Å²) in [7, 11) is 0. The standard InChI is InChI=1S/C15H13NO4/c17-13-11-3-1-2-4-12(11)14(18)16(13)10-7-5-9(6-8-10)15(19)20/h1-2,5-8,11-12H,3-4H2,(H,19,20)/p-1/t11-,12+. The maximum Gasteiger partial charge on any atom is 0.238 e. The molecule has 0 unspecified atom stereocenters. The quantitative estimate of drug-likeness (QED) is 0.579. The first-order valence-electron chi connectivity index (χ1n) is 6.44. The molecule has 1 aliphatic heterocycles. The summed E-state index contributed by atoms with van der Waals surface area (Å²) in [5.74, 6) is -2.26. The van der Waals surface area contributed by atoms with Crippen molar-refractivity contribution in [2.75, 3.05) is 4.90 Å². The summed E-state index contributed by atoms with van der Waals surface area (Å²) >= 11 is 0. The largest absolute Gasteiger partial charge is 0.545 e. The van der Waals surface area contributed by atoms with Gasteiger partial charge >= 0.3 is 0 Å². The van der Waals surface area contributed by atoms with Gasteiger partial charge in [0.15, 0.2) is 0 Å². The number of benzene rings is 1. The zero-order chi connectivity index (χ0) is 14.3. The molecule has 2 atom stereocenters. The van der Waals surface area contributed by atoms with Crippen LogP contribution in [-0.4, -0.2) is 17.8 Å². The van der Waals surface area contributed by atoms with E-state index in [0.29, 0.717) is 18.5 Å². The van der Waals surface area contributed by atoms with Crippen LogP contribution in [0.1, 0.15) is 23.2 Å². The maximum atomic E-state index is 12.3. The molecule has 5 heteroatoms. The van der Waals surface area contributed by atoms with Crippen LogP contribution < -0.4 is 10.0 Å². The van der Waals surface area contributed by atoms with Crippen LogP contribution in [0.5, 0.6) is 0 Å². The molecule has 20 heavy (non-hydrogen) atoms. The Kier molecular flexibility index (Phi) is 2.89. The van der Waals surface area contributed by atoms with Crippen molar-refractivity contribution in [3.63, 3.8) is 0 Å². The van der Waals surface area contributed by atoms with E-state index in [0.717, 1.165) is 0 Å². The zero-order valence-corrected chi connectivity index (χ0v) is 10.6. The average Bonchev–Trinajstić information content (AvgIpc) is 2.72. The lowest BCUT2D eigenvalue weighted by molar-refractivity contribution is -0.255. The second-order valence-electron chi connectivity index (χ2n) is 5.00. The van der Waals surface area contributed by atoms with Crippen LogP contribution in [0.4, 0.5) is 5.69 Å². The second-order valence-corrected chi connectivity index (χ2v) is 5.00. The number of carboxylic acid groups (broad SMARTS) is 1. The van der Waals surface area contributed by atoms with Crippen LogP contribution in [0.2, 0.25) is 0 Å². The van der Waals surface area contributed by atoms with Gasteiger partial charge in [0.25, 0.3) is 0 Å². The van der Waals surface area contributed by atoms with Gasteiger partial charge in [-0.3, -0.25) is 14.5 Å². The number of hydrogen-bond acceptors (Lipinski definition) is 4. The third kappa shape index (κ3) is 1.82. The predicted molar refractivity (Wildman–Crippen MR) is 68.6 cm³/mol. The zero-order valence-electron chi connectivity index (χ0n) is 10.6. The van der Waals surface area contributed by atoms with Crippen molar-refractivity contribution >= 4 is 23.5 Å². The molecule has 0 saturated carbocycles. The van der Waals surface area contributed by atoms with Gasteiger partial charge in [0.1, 0.15) is 0 Å². The smallest absolute Gasteiger partial charge is 0.238 e. The predicted octanol–water partition coefficient (Wildman–Crippen LogP) is 0.506. The van der Waals surface area contributed by atoms with Gasteiger partial charge in [0.2, 0.25) is 11.8 Å². The van der Waals surface area contributed by atoms with E-state index >= 15 is 0 Å². The third-order valence-corrected chi connectivity index (χ3v) is 3.87. The first kappa shape index (κ1) is 12.6. The topological polar surface area (TPSA) is 77.5 Å². The fraction of sp³-hybridized carbons (Fsp3) is 0.267. The molecule has 2 aliphatic rings. The van der Waals surface area contributed by atoms with E-state index in [1.807, 2.05) is 12.2 Å². The molecular weight excluding hydrogens is 258 g/mol. The fourth-order valence-corrected chi connectivity index (χ4v) is 2.80. The van der Waals surface area contributed by atoms with Crippen molar-refractivity contribution in [3.05, 3.63) is 42.0 Å². The minimum Gasteiger partial charge on any atom is -0.545 e. The number of imide groups is 1. The number of fused-ring (bicyclic) bond motifs is 1. The number of carbonyl (C=O) groups is 3. The first-order chi connectivity index (χ1) is 9.59. The number of amides is 2. The second kappa shape index (κ2) is 4.59. The minimum atomic E-state index is -1.28. The number of carboxylic acids is 1. The molecule has 5 nitrogen and oxygen atoms in total. The highest BCUT2D eigenvalue weighted by Crippen LogP contribution is 2.37. The van der Waals surface area contributed by atoms with Gasteiger partial charge in [0, 0.05) is 0 Å². The molecule has 1 saturated heterocycles. The van der Waals surface area contributed by atoms with Crippen LogP contribution in [0.25, 0.3) is 0 Å². The summed E-state index contributed by atoms with van der Waals surface area (Å²) in [6.45, 7) is 0. The Hall–Kier alpha value is -2.43. The summed E-state index contributed by atoms with van der Waals surface area (Å²) in [5, 5.41) is 10.7. The molecule has 0 bridgehead atoms. The minimum absolute atomic E-state index is 0.0203. The molecule has 1 aliphatic carbocycles. The van der Waals surface area contributed by atoms with Crippen LogP contribution in [-0.2, 0) is 9.59 Å². The molecular formula is C15H12NO4-. The number of carbonyl (C=O) groups excluding carboxylic acids is 3. The van der Waals surface area contributed by atoms with Crippen LogP contribution in [0.15, 0.2) is 36.4 Å². The SMILES string of the molecule is O=C([O-])c1ccc(N2C(=O)[C@H]3CC=CC[C@H]3C2=O)cc1. The number of hydrogen-bond donors (Lipinski definition) is 0. The van der Waals surface area contributed by atoms with E-state index in [4.69, 9.17) is 0 Å². The molecule has 0 aromatic heterocycles. The summed E-state index contributed by atoms with van der Waals surface area (Å²) in [4.78, 5) is 36.5.